The minimum Gasteiger partial charge on any atom is -0.396 e. The van der Waals surface area contributed by atoms with Crippen molar-refractivity contribution in [3.8, 4) is 0 Å². The molecule has 3 N–H and O–H groups in total. The minimum atomic E-state index is -0.986. The number of likely N-dealkylation sites (tertiary alicyclic amines) is 1. The quantitative estimate of drug-likeness (QED) is 0.314. The van der Waals surface area contributed by atoms with Crippen LogP contribution in [0.15, 0.2) is 0 Å². The molecule has 3 rings (SSSR count). The van der Waals surface area contributed by atoms with E-state index >= 15 is 0 Å². The summed E-state index contributed by atoms with van der Waals surface area (Å²) in [5.74, 6) is -1.80. The van der Waals surface area contributed by atoms with Gasteiger partial charge in [-0.25, -0.2) is 0 Å². The molecule has 0 radical (unpaired) electrons. The Hall–Kier alpha value is -1.19. The second kappa shape index (κ2) is 9.53. The molecule has 0 aromatic heterocycles. The number of aliphatic hydroxyl groups is 1. The Bertz CT molecular complexity index is 675. The fourth-order valence-corrected chi connectivity index (χ4v) is 6.21. The molecule has 6 atom stereocenters. The van der Waals surface area contributed by atoms with Gasteiger partial charge in [-0.05, 0) is 46.0 Å². The number of aliphatic hydroxyl groups excluding tert-OH is 1. The van der Waals surface area contributed by atoms with Gasteiger partial charge in [-0.3, -0.25) is 14.4 Å². The van der Waals surface area contributed by atoms with Crippen molar-refractivity contribution in [2.24, 2.45) is 11.8 Å². The first kappa shape index (κ1) is 23.5. The average molecular weight is 488 g/mol. The smallest absolute Gasteiger partial charge is 0.246 e. The zero-order chi connectivity index (χ0) is 22.1. The number of hydrogen-bond acceptors (Lipinski definition) is 5. The van der Waals surface area contributed by atoms with Gasteiger partial charge in [0.05, 0.1) is 17.9 Å². The van der Waals surface area contributed by atoms with E-state index in [0.29, 0.717) is 32.4 Å². The molecule has 0 aromatic carbocycles. The van der Waals surface area contributed by atoms with E-state index < -0.39 is 29.6 Å². The summed E-state index contributed by atoms with van der Waals surface area (Å²) >= 11 is 3.65. The van der Waals surface area contributed by atoms with Crippen LogP contribution in [-0.2, 0) is 19.1 Å². The highest BCUT2D eigenvalue weighted by molar-refractivity contribution is 9.09. The first-order chi connectivity index (χ1) is 14.3. The van der Waals surface area contributed by atoms with E-state index in [2.05, 4.69) is 26.6 Å². The van der Waals surface area contributed by atoms with Crippen LogP contribution in [0.5, 0.6) is 0 Å². The summed E-state index contributed by atoms with van der Waals surface area (Å²) in [6, 6.07) is -0.818. The van der Waals surface area contributed by atoms with Gasteiger partial charge in [-0.2, -0.15) is 0 Å². The number of ether oxygens (including phenoxy) is 1. The first-order valence-electron chi connectivity index (χ1n) is 11.1. The summed E-state index contributed by atoms with van der Waals surface area (Å²) in [6.07, 6.45) is 3.03. The van der Waals surface area contributed by atoms with Crippen LogP contribution in [0.2, 0.25) is 0 Å². The van der Waals surface area contributed by atoms with Crippen molar-refractivity contribution >= 4 is 33.7 Å². The van der Waals surface area contributed by atoms with E-state index in [9.17, 15) is 14.4 Å². The van der Waals surface area contributed by atoms with Crippen LogP contribution in [0.4, 0.5) is 0 Å². The number of unbranched alkanes of at least 4 members (excludes halogenated alkanes) is 2. The molecule has 170 valence electrons. The lowest BCUT2D eigenvalue weighted by atomic mass is 9.70. The normalized spacial score (nSPS) is 34.5. The highest BCUT2D eigenvalue weighted by Gasteiger charge is 2.76. The molecule has 9 heteroatoms. The molecule has 3 aliphatic heterocycles. The standard InChI is InChI=1S/C21H34BrN3O5/c1-4-8-23-18(27)14-15-20(29)25(9-6-5-7-10-26)17(19(28)24-12(2)3)21(15)11-13(22)16(14)30-21/h12-17,26H,4-11H2,1-3H3,(H,23,27)(H,24,28)/t13?,14-,15-,16-,17?,21?/m0/s1. The molecule has 0 aliphatic carbocycles. The molecule has 8 nitrogen and oxygen atoms in total. The van der Waals surface area contributed by atoms with Crippen molar-refractivity contribution in [3.05, 3.63) is 0 Å². The SMILES string of the molecule is CCCNC(=O)[C@H]1[C@H]2C(=O)N(CCCCCO)C(C(=O)NC(C)C)C23CC(Br)[C@@H]1O3. The lowest BCUT2D eigenvalue weighted by Gasteiger charge is -2.34. The molecular formula is C21H34BrN3O5. The number of nitrogens with one attached hydrogen (secondary N) is 2. The summed E-state index contributed by atoms with van der Waals surface area (Å²) < 4.78 is 6.38. The summed E-state index contributed by atoms with van der Waals surface area (Å²) in [7, 11) is 0. The van der Waals surface area contributed by atoms with Crippen molar-refractivity contribution in [2.75, 3.05) is 19.7 Å². The predicted octanol–water partition coefficient (Wildman–Crippen LogP) is 0.948. The predicted molar refractivity (Wildman–Crippen MR) is 115 cm³/mol. The van der Waals surface area contributed by atoms with Gasteiger partial charge in [0.2, 0.25) is 17.7 Å². The van der Waals surface area contributed by atoms with Gasteiger partial charge in [0, 0.05) is 30.6 Å². The second-order valence-corrected chi connectivity index (χ2v) is 10.1. The summed E-state index contributed by atoms with van der Waals surface area (Å²) in [4.78, 5) is 41.3. The molecule has 0 saturated carbocycles. The van der Waals surface area contributed by atoms with Crippen LogP contribution in [0.1, 0.15) is 52.9 Å². The topological polar surface area (TPSA) is 108 Å². The monoisotopic (exact) mass is 487 g/mol. The number of halogens is 1. The number of fused-ring (bicyclic) bond motifs is 1. The maximum Gasteiger partial charge on any atom is 0.246 e. The van der Waals surface area contributed by atoms with Crippen molar-refractivity contribution in [3.63, 3.8) is 0 Å². The van der Waals surface area contributed by atoms with E-state index in [0.717, 1.165) is 12.8 Å². The van der Waals surface area contributed by atoms with Crippen LogP contribution in [0, 0.1) is 11.8 Å². The lowest BCUT2D eigenvalue weighted by molar-refractivity contribution is -0.142. The van der Waals surface area contributed by atoms with Gasteiger partial charge in [0.25, 0.3) is 0 Å². The lowest BCUT2D eigenvalue weighted by Crippen LogP contribution is -2.57. The van der Waals surface area contributed by atoms with Crippen LogP contribution < -0.4 is 10.6 Å². The average Bonchev–Trinajstić information content (AvgIpc) is 3.26. The largest absolute Gasteiger partial charge is 0.396 e. The number of alkyl halides is 1. The molecule has 3 saturated heterocycles. The maximum absolute atomic E-state index is 13.6. The molecule has 3 fully saturated rings. The number of hydrogen-bond donors (Lipinski definition) is 3. The van der Waals surface area contributed by atoms with Crippen molar-refractivity contribution in [2.45, 2.75) is 81.5 Å². The fraction of sp³-hybridized carbons (Fsp3) is 0.857. The number of nitrogens with zero attached hydrogens (tertiary/aromatic N) is 1. The molecule has 30 heavy (non-hydrogen) atoms. The molecule has 3 aliphatic rings. The molecule has 3 unspecified atom stereocenters. The van der Waals surface area contributed by atoms with Gasteiger partial charge in [-0.1, -0.05) is 22.9 Å². The van der Waals surface area contributed by atoms with Crippen LogP contribution in [-0.4, -0.2) is 76.0 Å². The Morgan fingerprint density at radius 2 is 2.03 bits per heavy atom. The maximum atomic E-state index is 13.6. The van der Waals surface area contributed by atoms with Crippen molar-refractivity contribution in [1.82, 2.24) is 15.5 Å². The zero-order valence-electron chi connectivity index (χ0n) is 18.0. The van der Waals surface area contributed by atoms with Gasteiger partial charge >= 0.3 is 0 Å². The second-order valence-electron chi connectivity index (χ2n) is 8.93. The Kier molecular flexibility index (Phi) is 7.45. The number of rotatable bonds is 10. The number of carbonyl (C=O) groups excluding carboxylic acids is 3. The summed E-state index contributed by atoms with van der Waals surface area (Å²) in [6.45, 7) is 6.82. The van der Waals surface area contributed by atoms with Gasteiger partial charge < -0.3 is 25.4 Å². The van der Waals surface area contributed by atoms with E-state index in [1.165, 1.54) is 0 Å². The third-order valence-corrected chi connectivity index (χ3v) is 7.22. The van der Waals surface area contributed by atoms with Crippen LogP contribution in [0.3, 0.4) is 0 Å². The van der Waals surface area contributed by atoms with Crippen molar-refractivity contribution in [1.29, 1.82) is 0 Å². The first-order valence-corrected chi connectivity index (χ1v) is 12.0. The van der Waals surface area contributed by atoms with Crippen LogP contribution >= 0.6 is 15.9 Å². The van der Waals surface area contributed by atoms with Gasteiger partial charge in [0.1, 0.15) is 11.6 Å². The zero-order valence-corrected chi connectivity index (χ0v) is 19.6. The van der Waals surface area contributed by atoms with Gasteiger partial charge in [-0.15, -0.1) is 0 Å². The number of amides is 3. The summed E-state index contributed by atoms with van der Waals surface area (Å²) in [5.41, 5.74) is -0.986. The molecule has 3 heterocycles. The summed E-state index contributed by atoms with van der Waals surface area (Å²) in [5, 5.41) is 14.9. The van der Waals surface area contributed by atoms with Crippen molar-refractivity contribution < 1.29 is 24.2 Å². The van der Waals surface area contributed by atoms with E-state index in [4.69, 9.17) is 9.84 Å². The number of carbonyl (C=O) groups is 3. The van der Waals surface area contributed by atoms with E-state index in [1.54, 1.807) is 4.90 Å². The highest BCUT2D eigenvalue weighted by Crippen LogP contribution is 2.59. The third kappa shape index (κ3) is 4.00. The van der Waals surface area contributed by atoms with E-state index in [-0.39, 0.29) is 35.2 Å². The molecule has 2 bridgehead atoms. The minimum absolute atomic E-state index is 0.0682. The molecular weight excluding hydrogens is 454 g/mol. The third-order valence-electron chi connectivity index (χ3n) is 6.38. The van der Waals surface area contributed by atoms with E-state index in [1.807, 2.05) is 20.8 Å². The Labute approximate surface area is 186 Å². The Morgan fingerprint density at radius 3 is 2.67 bits per heavy atom. The highest BCUT2D eigenvalue weighted by atomic mass is 79.9. The molecule has 0 aromatic rings. The fourth-order valence-electron chi connectivity index (χ4n) is 5.27. The van der Waals surface area contributed by atoms with Gasteiger partial charge in [0.15, 0.2) is 0 Å². The molecule has 1 spiro atoms. The Balaban J connectivity index is 1.92. The molecule has 3 amide bonds. The Morgan fingerprint density at radius 1 is 1.30 bits per heavy atom. The van der Waals surface area contributed by atoms with Crippen LogP contribution in [0.25, 0.3) is 0 Å².